The van der Waals surface area contributed by atoms with Gasteiger partial charge in [0.1, 0.15) is 0 Å². The average molecular weight is 366 g/mol. The molecule has 0 spiro atoms. The first-order valence-corrected chi connectivity index (χ1v) is 9.00. The maximum atomic E-state index is 12.7. The highest BCUT2D eigenvalue weighted by atomic mass is 16.3. The Morgan fingerprint density at radius 2 is 1.59 bits per heavy atom. The molecule has 0 heterocycles. The van der Waals surface area contributed by atoms with Crippen molar-refractivity contribution in [1.29, 1.82) is 0 Å². The molecule has 0 aromatic heterocycles. The molecule has 2 N–H and O–H groups in total. The Bertz CT molecular complexity index is 886. The summed E-state index contributed by atoms with van der Waals surface area (Å²) in [5.41, 5.74) is 1.92. The van der Waals surface area contributed by atoms with Crippen LogP contribution in [0.2, 0.25) is 0 Å². The topological polar surface area (TPSA) is 86.7 Å². The highest BCUT2D eigenvalue weighted by molar-refractivity contribution is 6.28. The van der Waals surface area contributed by atoms with Crippen LogP contribution in [0.15, 0.2) is 42.5 Å². The highest BCUT2D eigenvalue weighted by Crippen LogP contribution is 2.29. The minimum absolute atomic E-state index is 0.0118. The minimum atomic E-state index is -0.230. The first-order chi connectivity index (χ1) is 13.0. The lowest BCUT2D eigenvalue weighted by Gasteiger charge is -2.21. The van der Waals surface area contributed by atoms with Crippen molar-refractivity contribution in [2.75, 3.05) is 31.6 Å². The van der Waals surface area contributed by atoms with Crippen LogP contribution in [0.3, 0.4) is 0 Å². The molecule has 1 amide bonds. The van der Waals surface area contributed by atoms with Gasteiger partial charge in [-0.3, -0.25) is 19.3 Å². The lowest BCUT2D eigenvalue weighted by molar-refractivity contribution is -0.117. The smallest absolute Gasteiger partial charge is 0.238 e. The summed E-state index contributed by atoms with van der Waals surface area (Å²) in [5.74, 6) is -0.633. The van der Waals surface area contributed by atoms with E-state index in [0.717, 1.165) is 6.42 Å². The third-order valence-corrected chi connectivity index (χ3v) is 4.53. The van der Waals surface area contributed by atoms with Crippen LogP contribution < -0.4 is 5.32 Å². The maximum absolute atomic E-state index is 12.7. The molecule has 0 aliphatic heterocycles. The summed E-state index contributed by atoms with van der Waals surface area (Å²) in [7, 11) is 0. The van der Waals surface area contributed by atoms with Gasteiger partial charge in [0.05, 0.1) is 13.2 Å². The molecule has 2 aromatic carbocycles. The fourth-order valence-corrected chi connectivity index (χ4v) is 3.31. The quantitative estimate of drug-likeness (QED) is 0.669. The van der Waals surface area contributed by atoms with E-state index in [-0.39, 0.29) is 30.6 Å². The number of aliphatic hydroxyl groups is 1. The standard InChI is InChI=1S/C21H22N2O4/c1-2-9-23(10-11-24)13-19(25)22-14-7-8-17-18(12-14)21(27)16-6-4-3-5-15(16)20(17)26/h3-8,12,24H,2,9-11,13H2,1H3,(H,22,25). The van der Waals surface area contributed by atoms with Crippen LogP contribution in [0.5, 0.6) is 0 Å². The van der Waals surface area contributed by atoms with Gasteiger partial charge in [-0.25, -0.2) is 0 Å². The summed E-state index contributed by atoms with van der Waals surface area (Å²) in [4.78, 5) is 39.5. The lowest BCUT2D eigenvalue weighted by Crippen LogP contribution is -2.35. The molecule has 6 heteroatoms. The molecule has 140 valence electrons. The molecule has 0 saturated carbocycles. The number of carbonyl (C=O) groups is 3. The molecule has 0 unspecified atom stereocenters. The molecule has 0 atom stereocenters. The maximum Gasteiger partial charge on any atom is 0.238 e. The molecule has 27 heavy (non-hydrogen) atoms. The van der Waals surface area contributed by atoms with Crippen molar-refractivity contribution >= 4 is 23.2 Å². The van der Waals surface area contributed by atoms with Crippen LogP contribution in [-0.2, 0) is 4.79 Å². The Hall–Kier alpha value is -2.83. The van der Waals surface area contributed by atoms with Crippen molar-refractivity contribution in [1.82, 2.24) is 4.90 Å². The van der Waals surface area contributed by atoms with Crippen molar-refractivity contribution in [3.8, 4) is 0 Å². The molecular weight excluding hydrogens is 344 g/mol. The summed E-state index contributed by atoms with van der Waals surface area (Å²) >= 11 is 0. The van der Waals surface area contributed by atoms with Crippen LogP contribution in [0.25, 0.3) is 0 Å². The summed E-state index contributed by atoms with van der Waals surface area (Å²) in [6, 6.07) is 11.5. The third kappa shape index (κ3) is 3.97. The van der Waals surface area contributed by atoms with Gasteiger partial charge in [-0.15, -0.1) is 0 Å². The first-order valence-electron chi connectivity index (χ1n) is 9.00. The third-order valence-electron chi connectivity index (χ3n) is 4.53. The van der Waals surface area contributed by atoms with E-state index in [9.17, 15) is 14.4 Å². The number of anilines is 1. The molecule has 1 aliphatic carbocycles. The SMILES string of the molecule is CCCN(CCO)CC(=O)Nc1ccc2c(c1)C(=O)c1ccccc1C2=O. The number of rotatable bonds is 7. The Balaban J connectivity index is 1.79. The molecular formula is C21H22N2O4. The lowest BCUT2D eigenvalue weighted by atomic mass is 9.84. The second-order valence-electron chi connectivity index (χ2n) is 6.51. The van der Waals surface area contributed by atoms with Crippen LogP contribution in [0.4, 0.5) is 5.69 Å². The van der Waals surface area contributed by atoms with Crippen molar-refractivity contribution in [2.24, 2.45) is 0 Å². The van der Waals surface area contributed by atoms with E-state index in [0.29, 0.717) is 41.0 Å². The van der Waals surface area contributed by atoms with Crippen LogP contribution >= 0.6 is 0 Å². The minimum Gasteiger partial charge on any atom is -0.395 e. The summed E-state index contributed by atoms with van der Waals surface area (Å²) in [5, 5.41) is 11.9. The number of fused-ring (bicyclic) bond motifs is 2. The van der Waals surface area contributed by atoms with E-state index < -0.39 is 0 Å². The number of aliphatic hydroxyl groups excluding tert-OH is 1. The molecule has 0 saturated heterocycles. The van der Waals surface area contributed by atoms with E-state index in [1.807, 2.05) is 11.8 Å². The van der Waals surface area contributed by atoms with Crippen molar-refractivity contribution < 1.29 is 19.5 Å². The predicted octanol–water partition coefficient (Wildman–Crippen LogP) is 2.10. The second kappa shape index (κ2) is 8.24. The van der Waals surface area contributed by atoms with E-state index >= 15 is 0 Å². The number of hydrogen-bond acceptors (Lipinski definition) is 5. The molecule has 0 radical (unpaired) electrons. The zero-order valence-corrected chi connectivity index (χ0v) is 15.2. The van der Waals surface area contributed by atoms with Gasteiger partial charge in [0.25, 0.3) is 0 Å². The fraction of sp³-hybridized carbons (Fsp3) is 0.286. The average Bonchev–Trinajstić information content (AvgIpc) is 2.66. The highest BCUT2D eigenvalue weighted by Gasteiger charge is 2.29. The molecule has 0 fully saturated rings. The zero-order chi connectivity index (χ0) is 19.4. The normalized spacial score (nSPS) is 12.7. The monoisotopic (exact) mass is 366 g/mol. The van der Waals surface area contributed by atoms with Gasteiger partial charge in [0, 0.05) is 34.5 Å². The van der Waals surface area contributed by atoms with Gasteiger partial charge in [-0.2, -0.15) is 0 Å². The Morgan fingerprint density at radius 1 is 0.963 bits per heavy atom. The molecule has 6 nitrogen and oxygen atoms in total. The molecule has 0 bridgehead atoms. The first kappa shape index (κ1) is 18.9. The Labute approximate surface area is 157 Å². The number of carbonyl (C=O) groups excluding carboxylic acids is 3. The zero-order valence-electron chi connectivity index (χ0n) is 15.2. The summed E-state index contributed by atoms with van der Waals surface area (Å²) < 4.78 is 0. The van der Waals surface area contributed by atoms with E-state index in [4.69, 9.17) is 5.11 Å². The Kier molecular flexibility index (Phi) is 5.78. The molecule has 1 aliphatic rings. The van der Waals surface area contributed by atoms with E-state index in [1.54, 1.807) is 42.5 Å². The summed E-state index contributed by atoms with van der Waals surface area (Å²) in [6.07, 6.45) is 0.877. The molecule has 2 aromatic rings. The van der Waals surface area contributed by atoms with Gasteiger partial charge >= 0.3 is 0 Å². The van der Waals surface area contributed by atoms with Gasteiger partial charge < -0.3 is 10.4 Å². The van der Waals surface area contributed by atoms with E-state index in [1.165, 1.54) is 0 Å². The van der Waals surface area contributed by atoms with E-state index in [2.05, 4.69) is 5.32 Å². The number of nitrogens with one attached hydrogen (secondary N) is 1. The van der Waals surface area contributed by atoms with Crippen molar-refractivity contribution in [3.63, 3.8) is 0 Å². The van der Waals surface area contributed by atoms with Crippen LogP contribution in [-0.4, -0.2) is 53.7 Å². The second-order valence-corrected chi connectivity index (χ2v) is 6.51. The Morgan fingerprint density at radius 3 is 2.22 bits per heavy atom. The van der Waals surface area contributed by atoms with Crippen LogP contribution in [0.1, 0.15) is 45.2 Å². The van der Waals surface area contributed by atoms with Gasteiger partial charge in [-0.1, -0.05) is 31.2 Å². The summed E-state index contributed by atoms with van der Waals surface area (Å²) in [6.45, 7) is 3.28. The number of hydrogen-bond donors (Lipinski definition) is 2. The largest absolute Gasteiger partial charge is 0.395 e. The van der Waals surface area contributed by atoms with Gasteiger partial charge in [0.15, 0.2) is 11.6 Å². The van der Waals surface area contributed by atoms with Gasteiger partial charge in [0.2, 0.25) is 5.91 Å². The number of benzene rings is 2. The fourth-order valence-electron chi connectivity index (χ4n) is 3.31. The van der Waals surface area contributed by atoms with Crippen LogP contribution in [0, 0.1) is 0 Å². The van der Waals surface area contributed by atoms with Crippen molar-refractivity contribution in [3.05, 3.63) is 64.7 Å². The number of amides is 1. The number of nitrogens with zero attached hydrogens (tertiary/aromatic N) is 1. The van der Waals surface area contributed by atoms with Gasteiger partial charge in [-0.05, 0) is 31.2 Å². The van der Waals surface area contributed by atoms with Crippen molar-refractivity contribution in [2.45, 2.75) is 13.3 Å². The predicted molar refractivity (Wildman–Crippen MR) is 102 cm³/mol. The number of ketones is 2. The molecule has 3 rings (SSSR count).